The van der Waals surface area contributed by atoms with Gasteiger partial charge in [-0.2, -0.15) is 0 Å². The first kappa shape index (κ1) is 24.0. The van der Waals surface area contributed by atoms with Crippen molar-refractivity contribution in [2.75, 3.05) is 10.6 Å². The SMILES string of the molecule is CCc1sc2ncn(CC(=O)Nc3ccc(Nc4ccccc4)cc3)c(=O)c2c1-c1ccc(Br)cc1. The molecule has 2 heterocycles. The number of hydrogen-bond acceptors (Lipinski definition) is 5. The van der Waals surface area contributed by atoms with Crippen LogP contribution in [0.25, 0.3) is 21.3 Å². The van der Waals surface area contributed by atoms with Gasteiger partial charge in [0.05, 0.1) is 11.7 Å². The highest BCUT2D eigenvalue weighted by atomic mass is 79.9. The number of nitrogens with one attached hydrogen (secondary N) is 2. The number of carbonyl (C=O) groups is 1. The highest BCUT2D eigenvalue weighted by Gasteiger charge is 2.19. The molecule has 180 valence electrons. The quantitative estimate of drug-likeness (QED) is 0.229. The van der Waals surface area contributed by atoms with Crippen LogP contribution in [-0.2, 0) is 17.8 Å². The number of halogens is 1. The van der Waals surface area contributed by atoms with E-state index in [0.29, 0.717) is 15.9 Å². The molecule has 0 spiro atoms. The van der Waals surface area contributed by atoms with Gasteiger partial charge < -0.3 is 10.6 Å². The van der Waals surface area contributed by atoms with Gasteiger partial charge in [0, 0.05) is 32.0 Å². The zero-order valence-electron chi connectivity index (χ0n) is 19.5. The van der Waals surface area contributed by atoms with Crippen LogP contribution in [0.3, 0.4) is 0 Å². The Labute approximate surface area is 220 Å². The van der Waals surface area contributed by atoms with Crippen molar-refractivity contribution in [1.29, 1.82) is 0 Å². The molecule has 5 rings (SSSR count). The molecule has 0 aliphatic carbocycles. The average molecular weight is 559 g/mol. The maximum Gasteiger partial charge on any atom is 0.263 e. The lowest BCUT2D eigenvalue weighted by Crippen LogP contribution is -2.27. The van der Waals surface area contributed by atoms with Crippen molar-refractivity contribution in [2.24, 2.45) is 0 Å². The summed E-state index contributed by atoms with van der Waals surface area (Å²) in [4.78, 5) is 32.5. The van der Waals surface area contributed by atoms with E-state index in [1.165, 1.54) is 22.2 Å². The number of para-hydroxylation sites is 1. The van der Waals surface area contributed by atoms with E-state index in [2.05, 4.69) is 38.5 Å². The van der Waals surface area contributed by atoms with Crippen molar-refractivity contribution >= 4 is 60.5 Å². The summed E-state index contributed by atoms with van der Waals surface area (Å²) in [5.74, 6) is -0.293. The van der Waals surface area contributed by atoms with Crippen molar-refractivity contribution in [1.82, 2.24) is 9.55 Å². The van der Waals surface area contributed by atoms with Gasteiger partial charge in [-0.15, -0.1) is 11.3 Å². The molecule has 5 aromatic rings. The predicted molar refractivity (Wildman–Crippen MR) is 151 cm³/mol. The lowest BCUT2D eigenvalue weighted by Gasteiger charge is -2.10. The minimum atomic E-state index is -0.293. The summed E-state index contributed by atoms with van der Waals surface area (Å²) in [5.41, 5.74) is 4.20. The number of aromatic nitrogens is 2. The van der Waals surface area contributed by atoms with Gasteiger partial charge in [0.25, 0.3) is 5.56 Å². The number of aryl methyl sites for hydroxylation is 1. The summed E-state index contributed by atoms with van der Waals surface area (Å²) in [5, 5.41) is 6.74. The Balaban J connectivity index is 1.36. The maximum absolute atomic E-state index is 13.5. The molecular formula is C28H23BrN4O2S. The summed E-state index contributed by atoms with van der Waals surface area (Å²) in [6.07, 6.45) is 2.25. The first-order valence-electron chi connectivity index (χ1n) is 11.5. The molecule has 3 aromatic carbocycles. The van der Waals surface area contributed by atoms with Crippen molar-refractivity contribution in [3.63, 3.8) is 0 Å². The van der Waals surface area contributed by atoms with Gasteiger partial charge in [-0.25, -0.2) is 4.98 Å². The van der Waals surface area contributed by atoms with Gasteiger partial charge in [-0.05, 0) is 60.5 Å². The van der Waals surface area contributed by atoms with Gasteiger partial charge in [0.15, 0.2) is 0 Å². The second-order valence-corrected chi connectivity index (χ2v) is 10.2. The standard InChI is InChI=1S/C28H23BrN4O2S/c1-2-23-25(18-8-10-19(29)11-9-18)26-27(36-23)30-17-33(28(26)35)16-24(34)32-22-14-12-21(13-15-22)31-20-6-4-3-5-7-20/h3-15,17,31H,2,16H2,1H3,(H,32,34). The van der Waals surface area contributed by atoms with Gasteiger partial charge in [0.1, 0.15) is 11.4 Å². The molecule has 0 fully saturated rings. The molecule has 2 N–H and O–H groups in total. The number of fused-ring (bicyclic) bond motifs is 1. The van der Waals surface area contributed by atoms with Crippen LogP contribution >= 0.6 is 27.3 Å². The van der Waals surface area contributed by atoms with Gasteiger partial charge in [-0.1, -0.05) is 53.2 Å². The molecule has 0 saturated heterocycles. The number of thiophene rings is 1. The van der Waals surface area contributed by atoms with E-state index in [1.54, 1.807) is 0 Å². The summed E-state index contributed by atoms with van der Waals surface area (Å²) in [7, 11) is 0. The summed E-state index contributed by atoms with van der Waals surface area (Å²) >= 11 is 5.00. The van der Waals surface area contributed by atoms with Crippen molar-refractivity contribution < 1.29 is 4.79 Å². The third-order valence-electron chi connectivity index (χ3n) is 5.75. The molecule has 6 nitrogen and oxygen atoms in total. The fraction of sp³-hybridized carbons (Fsp3) is 0.107. The smallest absolute Gasteiger partial charge is 0.263 e. The molecule has 8 heteroatoms. The minimum absolute atomic E-state index is 0.122. The summed E-state index contributed by atoms with van der Waals surface area (Å²) < 4.78 is 2.34. The Hall–Kier alpha value is -3.75. The van der Waals surface area contributed by atoms with E-state index in [0.717, 1.165) is 38.3 Å². The molecule has 0 unspecified atom stereocenters. The van der Waals surface area contributed by atoms with Gasteiger partial charge in [-0.3, -0.25) is 14.2 Å². The zero-order valence-corrected chi connectivity index (χ0v) is 21.9. The molecule has 0 saturated carbocycles. The van der Waals surface area contributed by atoms with Crippen LogP contribution in [0, 0.1) is 0 Å². The second-order valence-electron chi connectivity index (χ2n) is 8.24. The molecule has 0 aliphatic heterocycles. The zero-order chi connectivity index (χ0) is 25.1. The third-order valence-corrected chi connectivity index (χ3v) is 7.52. The third kappa shape index (κ3) is 5.10. The number of hydrogen-bond donors (Lipinski definition) is 2. The molecule has 1 amide bonds. The fourth-order valence-electron chi connectivity index (χ4n) is 4.04. The number of carbonyl (C=O) groups excluding carboxylic acids is 1. The van der Waals surface area contributed by atoms with Gasteiger partial charge in [0.2, 0.25) is 5.91 Å². The van der Waals surface area contributed by atoms with E-state index in [1.807, 2.05) is 78.9 Å². The van der Waals surface area contributed by atoms with Crippen LogP contribution in [0.4, 0.5) is 17.1 Å². The molecule has 2 aromatic heterocycles. The van der Waals surface area contributed by atoms with Crippen molar-refractivity contribution in [2.45, 2.75) is 19.9 Å². The molecule has 0 bridgehead atoms. The van der Waals surface area contributed by atoms with Crippen LogP contribution in [0.1, 0.15) is 11.8 Å². The van der Waals surface area contributed by atoms with Crippen LogP contribution < -0.4 is 16.2 Å². The first-order chi connectivity index (χ1) is 17.5. The predicted octanol–water partition coefficient (Wildman–Crippen LogP) is 6.83. The lowest BCUT2D eigenvalue weighted by atomic mass is 10.0. The van der Waals surface area contributed by atoms with Crippen LogP contribution in [0.2, 0.25) is 0 Å². The van der Waals surface area contributed by atoms with Crippen LogP contribution in [-0.4, -0.2) is 15.5 Å². The van der Waals surface area contributed by atoms with E-state index >= 15 is 0 Å². The van der Waals surface area contributed by atoms with E-state index < -0.39 is 0 Å². The number of nitrogens with zero attached hydrogens (tertiary/aromatic N) is 2. The number of benzene rings is 3. The van der Waals surface area contributed by atoms with Gasteiger partial charge >= 0.3 is 0 Å². The average Bonchev–Trinajstić information content (AvgIpc) is 3.27. The van der Waals surface area contributed by atoms with E-state index in [-0.39, 0.29) is 18.0 Å². The normalized spacial score (nSPS) is 10.9. The maximum atomic E-state index is 13.5. The van der Waals surface area contributed by atoms with Crippen LogP contribution in [0.5, 0.6) is 0 Å². The van der Waals surface area contributed by atoms with E-state index in [4.69, 9.17) is 0 Å². The second kappa shape index (κ2) is 10.5. The molecule has 0 radical (unpaired) electrons. The molecule has 0 aliphatic rings. The fourth-order valence-corrected chi connectivity index (χ4v) is 5.39. The summed E-state index contributed by atoms with van der Waals surface area (Å²) in [6, 6.07) is 25.2. The highest BCUT2D eigenvalue weighted by Crippen LogP contribution is 2.36. The van der Waals surface area contributed by atoms with E-state index in [9.17, 15) is 9.59 Å². The van der Waals surface area contributed by atoms with Crippen molar-refractivity contribution in [3.8, 4) is 11.1 Å². The Morgan fingerprint density at radius 3 is 2.31 bits per heavy atom. The largest absolute Gasteiger partial charge is 0.356 e. The molecule has 0 atom stereocenters. The highest BCUT2D eigenvalue weighted by molar-refractivity contribution is 9.10. The Morgan fingerprint density at radius 2 is 1.61 bits per heavy atom. The van der Waals surface area contributed by atoms with Crippen molar-refractivity contribution in [3.05, 3.63) is 105 Å². The number of rotatable bonds is 7. The molecular weight excluding hydrogens is 536 g/mol. The number of amides is 1. The Bertz CT molecular complexity index is 1580. The first-order valence-corrected chi connectivity index (χ1v) is 13.1. The van der Waals surface area contributed by atoms with Crippen LogP contribution in [0.15, 0.2) is 94.5 Å². The monoisotopic (exact) mass is 558 g/mol. The topological polar surface area (TPSA) is 76.0 Å². The summed E-state index contributed by atoms with van der Waals surface area (Å²) in [6.45, 7) is 1.95. The Morgan fingerprint density at radius 1 is 0.944 bits per heavy atom. The number of anilines is 3. The minimum Gasteiger partial charge on any atom is -0.356 e. The Kier molecular flexibility index (Phi) is 6.97. The lowest BCUT2D eigenvalue weighted by molar-refractivity contribution is -0.116. The molecule has 36 heavy (non-hydrogen) atoms.